The van der Waals surface area contributed by atoms with Crippen molar-refractivity contribution in [1.29, 1.82) is 0 Å². The second-order valence-electron chi connectivity index (χ2n) is 4.53. The van der Waals surface area contributed by atoms with E-state index in [0.717, 1.165) is 12.1 Å². The number of phenolic OH excluding ortho intramolecular Hbond substituents is 1. The number of hydrogen-bond acceptors (Lipinski definition) is 3. The number of halogens is 4. The zero-order valence-electron chi connectivity index (χ0n) is 11.5. The molecule has 4 nitrogen and oxygen atoms in total. The fourth-order valence-corrected chi connectivity index (χ4v) is 2.01. The number of carbonyl (C=O) groups excluding carboxylic acids is 1. The summed E-state index contributed by atoms with van der Waals surface area (Å²) in [5.41, 5.74) is 0.0770. The van der Waals surface area contributed by atoms with Crippen molar-refractivity contribution in [3.8, 4) is 5.75 Å². The van der Waals surface area contributed by atoms with Gasteiger partial charge in [0.25, 0.3) is 5.91 Å². The van der Waals surface area contributed by atoms with E-state index in [-0.39, 0.29) is 15.6 Å². The van der Waals surface area contributed by atoms with E-state index in [2.05, 4.69) is 4.84 Å². The molecule has 0 aliphatic heterocycles. The largest absolute Gasteiger partial charge is 0.544 e. The third-order valence-corrected chi connectivity index (χ3v) is 3.03. The van der Waals surface area contributed by atoms with Crippen LogP contribution in [0.2, 0.25) is 5.02 Å². The molecule has 0 saturated carbocycles. The standard InChI is InChI=1S/C15H11ClF3NO3/c16-11-6-7-12(13(21)8-11)14(22)20(23-15(17,18)19)9-10-4-2-1-3-5-10/h1-8,21H,9H2. The van der Waals surface area contributed by atoms with Gasteiger partial charge in [0.2, 0.25) is 0 Å². The predicted octanol–water partition coefficient (Wildman–Crippen LogP) is 4.14. The van der Waals surface area contributed by atoms with Crippen LogP contribution in [-0.2, 0) is 11.4 Å². The highest BCUT2D eigenvalue weighted by Crippen LogP contribution is 2.26. The van der Waals surface area contributed by atoms with Crippen LogP contribution in [0.15, 0.2) is 48.5 Å². The fraction of sp³-hybridized carbons (Fsp3) is 0.133. The summed E-state index contributed by atoms with van der Waals surface area (Å²) in [6.45, 7) is -0.443. The first-order valence-corrected chi connectivity index (χ1v) is 6.74. The van der Waals surface area contributed by atoms with Crippen molar-refractivity contribution in [3.63, 3.8) is 0 Å². The van der Waals surface area contributed by atoms with E-state index in [1.54, 1.807) is 30.3 Å². The Bertz CT molecular complexity index is 692. The van der Waals surface area contributed by atoms with Gasteiger partial charge in [0, 0.05) is 5.02 Å². The minimum absolute atomic E-state index is 0.137. The molecule has 23 heavy (non-hydrogen) atoms. The fourth-order valence-electron chi connectivity index (χ4n) is 1.84. The number of phenols is 1. The van der Waals surface area contributed by atoms with Crippen LogP contribution >= 0.6 is 11.6 Å². The second-order valence-corrected chi connectivity index (χ2v) is 4.96. The Morgan fingerprint density at radius 1 is 1.17 bits per heavy atom. The number of nitrogens with zero attached hydrogens (tertiary/aromatic N) is 1. The Kier molecular flexibility index (Phi) is 5.12. The van der Waals surface area contributed by atoms with E-state index in [0.29, 0.717) is 5.56 Å². The minimum atomic E-state index is -5.05. The van der Waals surface area contributed by atoms with E-state index >= 15 is 0 Å². The molecule has 0 spiro atoms. The lowest BCUT2D eigenvalue weighted by molar-refractivity contribution is -0.401. The maximum Gasteiger partial charge on any atom is 0.544 e. The normalized spacial score (nSPS) is 11.3. The molecule has 0 bridgehead atoms. The molecule has 0 radical (unpaired) electrons. The third kappa shape index (κ3) is 4.87. The van der Waals surface area contributed by atoms with Gasteiger partial charge in [-0.15, -0.1) is 13.2 Å². The molecule has 0 unspecified atom stereocenters. The van der Waals surface area contributed by atoms with Gasteiger partial charge >= 0.3 is 6.36 Å². The van der Waals surface area contributed by atoms with Crippen LogP contribution in [0, 0.1) is 0 Å². The molecule has 8 heteroatoms. The Morgan fingerprint density at radius 3 is 2.39 bits per heavy atom. The average molecular weight is 346 g/mol. The van der Waals surface area contributed by atoms with Crippen molar-refractivity contribution in [1.82, 2.24) is 5.06 Å². The maximum absolute atomic E-state index is 12.5. The van der Waals surface area contributed by atoms with Crippen molar-refractivity contribution >= 4 is 17.5 Å². The number of benzene rings is 2. The second kappa shape index (κ2) is 6.89. The molecule has 2 rings (SSSR count). The summed E-state index contributed by atoms with van der Waals surface area (Å²) in [4.78, 5) is 16.0. The van der Waals surface area contributed by atoms with Crippen LogP contribution < -0.4 is 0 Å². The average Bonchev–Trinajstić information content (AvgIpc) is 2.45. The van der Waals surface area contributed by atoms with Gasteiger partial charge in [0.1, 0.15) is 5.75 Å². The summed E-state index contributed by atoms with van der Waals surface area (Å²) in [5, 5.41) is 9.99. The Labute approximate surface area is 134 Å². The van der Waals surface area contributed by atoms with Gasteiger partial charge in [-0.1, -0.05) is 41.9 Å². The highest BCUT2D eigenvalue weighted by atomic mass is 35.5. The molecule has 0 atom stereocenters. The number of alkyl halides is 3. The lowest BCUT2D eigenvalue weighted by atomic mass is 10.1. The van der Waals surface area contributed by atoms with E-state index in [4.69, 9.17) is 11.6 Å². The first-order valence-electron chi connectivity index (χ1n) is 6.36. The highest BCUT2D eigenvalue weighted by molar-refractivity contribution is 6.30. The minimum Gasteiger partial charge on any atom is -0.507 e. The topological polar surface area (TPSA) is 49.8 Å². The summed E-state index contributed by atoms with van der Waals surface area (Å²) in [6.07, 6.45) is -5.05. The van der Waals surface area contributed by atoms with Gasteiger partial charge in [-0.2, -0.15) is 4.84 Å². The van der Waals surface area contributed by atoms with Gasteiger partial charge < -0.3 is 5.11 Å². The van der Waals surface area contributed by atoms with Crippen LogP contribution in [0.3, 0.4) is 0 Å². The summed E-state index contributed by atoms with van der Waals surface area (Å²) >= 11 is 5.64. The first kappa shape index (κ1) is 17.1. The number of carbonyl (C=O) groups is 1. The summed E-state index contributed by atoms with van der Waals surface area (Å²) in [6, 6.07) is 11.5. The van der Waals surface area contributed by atoms with Crippen molar-refractivity contribution in [3.05, 3.63) is 64.7 Å². The van der Waals surface area contributed by atoms with Crippen LogP contribution in [0.4, 0.5) is 13.2 Å². The summed E-state index contributed by atoms with van der Waals surface area (Å²) in [5.74, 6) is -1.67. The van der Waals surface area contributed by atoms with Crippen molar-refractivity contribution in [2.45, 2.75) is 12.9 Å². The van der Waals surface area contributed by atoms with Gasteiger partial charge in [0.15, 0.2) is 0 Å². The molecule has 0 fully saturated rings. The lowest BCUT2D eigenvalue weighted by Gasteiger charge is -2.23. The quantitative estimate of drug-likeness (QED) is 0.847. The van der Waals surface area contributed by atoms with E-state index in [1.165, 1.54) is 6.07 Å². The molecule has 0 aromatic heterocycles. The smallest absolute Gasteiger partial charge is 0.507 e. The predicted molar refractivity (Wildman–Crippen MR) is 76.6 cm³/mol. The number of amides is 1. The highest BCUT2D eigenvalue weighted by Gasteiger charge is 2.36. The van der Waals surface area contributed by atoms with Crippen LogP contribution in [-0.4, -0.2) is 22.4 Å². The molecule has 0 aliphatic carbocycles. The molecule has 2 aromatic rings. The Morgan fingerprint density at radius 2 is 1.83 bits per heavy atom. The van der Waals surface area contributed by atoms with Crippen LogP contribution in [0.5, 0.6) is 5.75 Å². The van der Waals surface area contributed by atoms with Crippen LogP contribution in [0.25, 0.3) is 0 Å². The van der Waals surface area contributed by atoms with Gasteiger partial charge in [0.05, 0.1) is 12.1 Å². The van der Waals surface area contributed by atoms with Crippen molar-refractivity contribution in [2.24, 2.45) is 0 Å². The Balaban J connectivity index is 2.30. The lowest BCUT2D eigenvalue weighted by Crippen LogP contribution is -2.36. The van der Waals surface area contributed by atoms with E-state index in [9.17, 15) is 23.1 Å². The molecule has 0 heterocycles. The molecule has 2 aromatic carbocycles. The summed E-state index contributed by atoms with van der Waals surface area (Å²) < 4.78 is 37.6. The zero-order valence-corrected chi connectivity index (χ0v) is 12.3. The molecule has 122 valence electrons. The van der Waals surface area contributed by atoms with E-state index < -0.39 is 24.6 Å². The molecule has 1 N–H and O–H groups in total. The zero-order chi connectivity index (χ0) is 17.0. The van der Waals surface area contributed by atoms with Gasteiger partial charge in [-0.3, -0.25) is 4.79 Å². The molecular formula is C15H11ClF3NO3. The van der Waals surface area contributed by atoms with Crippen molar-refractivity contribution < 1.29 is 27.9 Å². The molecular weight excluding hydrogens is 335 g/mol. The maximum atomic E-state index is 12.5. The van der Waals surface area contributed by atoms with E-state index in [1.807, 2.05) is 0 Å². The molecule has 0 aliphatic rings. The Hall–Kier alpha value is -2.25. The van der Waals surface area contributed by atoms with Crippen molar-refractivity contribution in [2.75, 3.05) is 0 Å². The number of hydroxylamine groups is 2. The summed E-state index contributed by atoms with van der Waals surface area (Å²) in [7, 11) is 0. The molecule has 0 saturated heterocycles. The first-order chi connectivity index (χ1) is 10.8. The monoisotopic (exact) mass is 345 g/mol. The number of rotatable bonds is 4. The third-order valence-electron chi connectivity index (χ3n) is 2.80. The van der Waals surface area contributed by atoms with Crippen LogP contribution in [0.1, 0.15) is 15.9 Å². The number of aromatic hydroxyl groups is 1. The number of hydrogen-bond donors (Lipinski definition) is 1. The van der Waals surface area contributed by atoms with Gasteiger partial charge in [-0.05, 0) is 23.8 Å². The SMILES string of the molecule is O=C(c1ccc(Cl)cc1O)N(Cc1ccccc1)OC(F)(F)F. The molecule has 1 amide bonds. The van der Waals surface area contributed by atoms with Gasteiger partial charge in [-0.25, -0.2) is 5.06 Å².